The lowest BCUT2D eigenvalue weighted by Gasteiger charge is -2.33. The molecule has 162 valence electrons. The molecule has 1 fully saturated rings. The summed E-state index contributed by atoms with van der Waals surface area (Å²) in [4.78, 5) is 17.6. The van der Waals surface area contributed by atoms with Crippen LogP contribution in [0.4, 0.5) is 0 Å². The van der Waals surface area contributed by atoms with E-state index in [1.54, 1.807) is 54.6 Å². The van der Waals surface area contributed by atoms with Gasteiger partial charge >= 0.3 is 0 Å². The van der Waals surface area contributed by atoms with Crippen molar-refractivity contribution in [2.45, 2.75) is 24.0 Å². The molecule has 0 radical (unpaired) electrons. The first kappa shape index (κ1) is 22.5. The summed E-state index contributed by atoms with van der Waals surface area (Å²) >= 11 is 0. The Morgan fingerprint density at radius 1 is 0.933 bits per heavy atom. The van der Waals surface area contributed by atoms with E-state index in [1.807, 2.05) is 0 Å². The van der Waals surface area contributed by atoms with E-state index in [1.165, 1.54) is 0 Å². The molecule has 1 heterocycles. The number of hydrogen-bond acceptors (Lipinski definition) is 5. The maximum Gasteiger partial charge on any atom is 0.251 e. The fourth-order valence-electron chi connectivity index (χ4n) is 3.62. The minimum Gasteiger partial charge on any atom is -0.352 e. The van der Waals surface area contributed by atoms with E-state index in [-0.39, 0.29) is 11.7 Å². The van der Waals surface area contributed by atoms with Gasteiger partial charge in [-0.3, -0.25) is 4.79 Å². The molecule has 2 aromatic rings. The van der Waals surface area contributed by atoms with Gasteiger partial charge in [0.25, 0.3) is 5.91 Å². The van der Waals surface area contributed by atoms with Crippen LogP contribution in [-0.4, -0.2) is 69.9 Å². The van der Waals surface area contributed by atoms with E-state index in [0.717, 1.165) is 45.7 Å². The molecule has 7 heteroatoms. The molecule has 1 aliphatic rings. The Hall–Kier alpha value is -2.22. The molecule has 2 aromatic carbocycles. The highest BCUT2D eigenvalue weighted by atomic mass is 32.2. The molecule has 0 atom stereocenters. The molecule has 30 heavy (non-hydrogen) atoms. The Kier molecular flexibility index (Phi) is 8.01. The topological polar surface area (TPSA) is 69.7 Å². The maximum atomic E-state index is 12.5. The normalized spacial score (nSPS) is 15.8. The first-order chi connectivity index (χ1) is 14.5. The lowest BCUT2D eigenvalue weighted by atomic mass is 10.1. The van der Waals surface area contributed by atoms with Crippen molar-refractivity contribution in [1.82, 2.24) is 15.1 Å². The van der Waals surface area contributed by atoms with Crippen molar-refractivity contribution in [2.75, 3.05) is 45.8 Å². The molecule has 1 amide bonds. The third-order valence-corrected chi connectivity index (χ3v) is 7.23. The van der Waals surface area contributed by atoms with Gasteiger partial charge in [0.15, 0.2) is 9.84 Å². The highest BCUT2D eigenvalue weighted by molar-refractivity contribution is 7.90. The van der Waals surface area contributed by atoms with Crippen LogP contribution >= 0.6 is 0 Å². The van der Waals surface area contributed by atoms with Gasteiger partial charge in [-0.1, -0.05) is 37.3 Å². The second-order valence-corrected chi connectivity index (χ2v) is 9.64. The van der Waals surface area contributed by atoms with Crippen molar-refractivity contribution in [2.24, 2.45) is 0 Å². The highest BCUT2D eigenvalue weighted by Gasteiger charge is 2.16. The largest absolute Gasteiger partial charge is 0.352 e. The Bertz CT molecular complexity index is 906. The zero-order chi connectivity index (χ0) is 21.4. The number of amides is 1. The fraction of sp³-hybridized carbons (Fsp3) is 0.435. The van der Waals surface area contributed by atoms with E-state index in [0.29, 0.717) is 22.6 Å². The van der Waals surface area contributed by atoms with E-state index >= 15 is 0 Å². The van der Waals surface area contributed by atoms with Gasteiger partial charge < -0.3 is 15.1 Å². The summed E-state index contributed by atoms with van der Waals surface area (Å²) in [6.45, 7) is 9.36. The first-order valence-electron chi connectivity index (χ1n) is 10.6. The summed E-state index contributed by atoms with van der Waals surface area (Å²) in [5, 5.41) is 2.96. The number of piperazine rings is 1. The average molecular weight is 430 g/mol. The quantitative estimate of drug-likeness (QED) is 0.620. The van der Waals surface area contributed by atoms with Crippen molar-refractivity contribution >= 4 is 15.7 Å². The van der Waals surface area contributed by atoms with Gasteiger partial charge in [-0.25, -0.2) is 8.42 Å². The minimum atomic E-state index is -3.39. The van der Waals surface area contributed by atoms with E-state index < -0.39 is 9.84 Å². The van der Waals surface area contributed by atoms with Crippen LogP contribution in [0.5, 0.6) is 0 Å². The Labute approximate surface area is 179 Å². The lowest BCUT2D eigenvalue weighted by Crippen LogP contribution is -2.46. The summed E-state index contributed by atoms with van der Waals surface area (Å²) in [6.07, 6.45) is 0.922. The molecule has 1 saturated heterocycles. The summed E-state index contributed by atoms with van der Waals surface area (Å²) in [7, 11) is -3.39. The van der Waals surface area contributed by atoms with E-state index in [4.69, 9.17) is 0 Å². The number of hydrogen-bond donors (Lipinski definition) is 1. The van der Waals surface area contributed by atoms with Crippen LogP contribution in [0, 0.1) is 0 Å². The predicted octanol–water partition coefficient (Wildman–Crippen LogP) is 2.42. The zero-order valence-electron chi connectivity index (χ0n) is 17.6. The second-order valence-electron chi connectivity index (χ2n) is 7.65. The SMILES string of the molecule is CCN1CCN(CCCNC(=O)c2ccc(CS(=O)(=O)c3ccccc3)cc2)CC1. The van der Waals surface area contributed by atoms with Gasteiger partial charge in [-0.15, -0.1) is 0 Å². The maximum absolute atomic E-state index is 12.5. The van der Waals surface area contributed by atoms with Gasteiger partial charge in [0.05, 0.1) is 10.6 Å². The summed E-state index contributed by atoms with van der Waals surface area (Å²) in [5.41, 5.74) is 1.22. The number of sulfone groups is 1. The number of carbonyl (C=O) groups is 1. The molecule has 0 bridgehead atoms. The van der Waals surface area contributed by atoms with Gasteiger partial charge in [-0.05, 0) is 49.3 Å². The van der Waals surface area contributed by atoms with Crippen LogP contribution in [0.1, 0.15) is 29.3 Å². The lowest BCUT2D eigenvalue weighted by molar-refractivity contribution is 0.0948. The fourth-order valence-corrected chi connectivity index (χ4v) is 4.99. The van der Waals surface area contributed by atoms with Crippen molar-refractivity contribution < 1.29 is 13.2 Å². The van der Waals surface area contributed by atoms with Crippen LogP contribution in [-0.2, 0) is 15.6 Å². The van der Waals surface area contributed by atoms with Gasteiger partial charge in [0, 0.05) is 38.3 Å². The van der Waals surface area contributed by atoms with Crippen LogP contribution in [0.3, 0.4) is 0 Å². The molecule has 6 nitrogen and oxygen atoms in total. The third kappa shape index (κ3) is 6.39. The smallest absolute Gasteiger partial charge is 0.251 e. The highest BCUT2D eigenvalue weighted by Crippen LogP contribution is 2.16. The van der Waals surface area contributed by atoms with Crippen LogP contribution < -0.4 is 5.32 Å². The van der Waals surface area contributed by atoms with Crippen molar-refractivity contribution in [3.8, 4) is 0 Å². The molecule has 0 unspecified atom stereocenters. The minimum absolute atomic E-state index is 0.0792. The molecule has 1 aliphatic heterocycles. The predicted molar refractivity (Wildman–Crippen MR) is 119 cm³/mol. The van der Waals surface area contributed by atoms with Crippen LogP contribution in [0.2, 0.25) is 0 Å². The number of benzene rings is 2. The molecule has 0 spiro atoms. The van der Waals surface area contributed by atoms with Gasteiger partial charge in [0.2, 0.25) is 0 Å². The Morgan fingerprint density at radius 2 is 1.57 bits per heavy atom. The first-order valence-corrected chi connectivity index (χ1v) is 12.2. The van der Waals surface area contributed by atoms with E-state index in [9.17, 15) is 13.2 Å². The standard InChI is InChI=1S/C23H31N3O3S/c1-2-25-15-17-26(18-16-25)14-6-13-24-23(27)21-11-9-20(10-12-21)19-30(28,29)22-7-4-3-5-8-22/h3-5,7-12H,2,6,13-19H2,1H3,(H,24,27). The van der Waals surface area contributed by atoms with Crippen molar-refractivity contribution in [3.63, 3.8) is 0 Å². The summed E-state index contributed by atoms with van der Waals surface area (Å²) in [5.74, 6) is -0.201. The number of rotatable bonds is 9. The van der Waals surface area contributed by atoms with Gasteiger partial charge in [0.1, 0.15) is 0 Å². The summed E-state index contributed by atoms with van der Waals surface area (Å²) < 4.78 is 24.9. The molecular formula is C23H31N3O3S. The molecule has 1 N–H and O–H groups in total. The van der Waals surface area contributed by atoms with Crippen LogP contribution in [0.15, 0.2) is 59.5 Å². The van der Waals surface area contributed by atoms with Crippen molar-refractivity contribution in [1.29, 1.82) is 0 Å². The number of nitrogens with zero attached hydrogens (tertiary/aromatic N) is 2. The van der Waals surface area contributed by atoms with Crippen molar-refractivity contribution in [3.05, 3.63) is 65.7 Å². The van der Waals surface area contributed by atoms with Crippen LogP contribution in [0.25, 0.3) is 0 Å². The average Bonchev–Trinajstić information content (AvgIpc) is 2.78. The molecule has 3 rings (SSSR count). The molecule has 0 aliphatic carbocycles. The number of nitrogens with one attached hydrogen (secondary N) is 1. The molecule has 0 saturated carbocycles. The number of likely N-dealkylation sites (N-methyl/N-ethyl adjacent to an activating group) is 1. The third-order valence-electron chi connectivity index (χ3n) is 5.52. The summed E-state index contributed by atoms with van der Waals surface area (Å²) in [6, 6.07) is 15.2. The second kappa shape index (κ2) is 10.7. The molecular weight excluding hydrogens is 398 g/mol. The Morgan fingerprint density at radius 3 is 2.20 bits per heavy atom. The van der Waals surface area contributed by atoms with E-state index in [2.05, 4.69) is 22.0 Å². The zero-order valence-corrected chi connectivity index (χ0v) is 18.4. The number of carbonyl (C=O) groups excluding carboxylic acids is 1. The Balaban J connectivity index is 1.43. The van der Waals surface area contributed by atoms with Gasteiger partial charge in [-0.2, -0.15) is 0 Å². The molecule has 0 aromatic heterocycles. The monoisotopic (exact) mass is 429 g/mol.